The number of hydrogen-bond acceptors (Lipinski definition) is 3. The summed E-state index contributed by atoms with van der Waals surface area (Å²) in [6.45, 7) is 6.68. The van der Waals surface area contributed by atoms with Crippen molar-refractivity contribution in [2.75, 3.05) is 18.0 Å². The summed E-state index contributed by atoms with van der Waals surface area (Å²) in [5, 5.41) is 0. The second-order valence-electron chi connectivity index (χ2n) is 8.95. The van der Waals surface area contributed by atoms with Crippen molar-refractivity contribution in [3.05, 3.63) is 66.2 Å². The van der Waals surface area contributed by atoms with Crippen LogP contribution in [-0.2, 0) is 9.53 Å². The Morgan fingerprint density at radius 2 is 1.52 bits per heavy atom. The van der Waals surface area contributed by atoms with E-state index < -0.39 is 11.0 Å². The van der Waals surface area contributed by atoms with E-state index in [9.17, 15) is 9.59 Å². The molecule has 2 aromatic carbocycles. The molecule has 2 amide bonds. The van der Waals surface area contributed by atoms with Crippen molar-refractivity contribution in [2.24, 2.45) is 5.41 Å². The van der Waals surface area contributed by atoms with Crippen molar-refractivity contribution >= 4 is 17.7 Å². The van der Waals surface area contributed by atoms with Crippen LogP contribution < -0.4 is 4.90 Å². The van der Waals surface area contributed by atoms with Crippen LogP contribution in [0.2, 0.25) is 0 Å². The lowest BCUT2D eigenvalue weighted by molar-refractivity contribution is -0.144. The van der Waals surface area contributed by atoms with Crippen LogP contribution >= 0.6 is 0 Å². The van der Waals surface area contributed by atoms with Crippen LogP contribution in [-0.4, -0.2) is 35.6 Å². The second-order valence-corrected chi connectivity index (χ2v) is 8.95. The number of carbonyl (C=O) groups excluding carboxylic acids is 2. The van der Waals surface area contributed by atoms with E-state index >= 15 is 0 Å². The molecule has 5 nitrogen and oxygen atoms in total. The third kappa shape index (κ3) is 3.50. The number of likely N-dealkylation sites (tertiary alicyclic amines) is 1. The number of rotatable bonds is 2. The maximum absolute atomic E-state index is 13.4. The number of amides is 2. The summed E-state index contributed by atoms with van der Waals surface area (Å²) in [5.74, 6) is 0.154. The molecule has 0 bridgehead atoms. The average Bonchev–Trinajstić information content (AvgIpc) is 2.71. The quantitative estimate of drug-likeness (QED) is 0.691. The Morgan fingerprint density at radius 3 is 2.07 bits per heavy atom. The fourth-order valence-electron chi connectivity index (χ4n) is 4.52. The topological polar surface area (TPSA) is 49.9 Å². The molecule has 2 aliphatic heterocycles. The molecule has 2 heterocycles. The van der Waals surface area contributed by atoms with Crippen molar-refractivity contribution in [2.45, 2.75) is 45.3 Å². The molecular formula is C24H28N2O3. The molecule has 1 unspecified atom stereocenters. The number of benzene rings is 2. The molecule has 29 heavy (non-hydrogen) atoms. The number of anilines is 1. The Kier molecular flexibility index (Phi) is 4.85. The van der Waals surface area contributed by atoms with Crippen LogP contribution in [0.15, 0.2) is 60.7 Å². The maximum atomic E-state index is 13.4. The Labute approximate surface area is 172 Å². The summed E-state index contributed by atoms with van der Waals surface area (Å²) in [6, 6.07) is 20.0. The second kappa shape index (κ2) is 7.21. The predicted molar refractivity (Wildman–Crippen MR) is 113 cm³/mol. The lowest BCUT2D eigenvalue weighted by atomic mass is 9.62. The molecular weight excluding hydrogens is 364 g/mol. The first-order valence-electron chi connectivity index (χ1n) is 10.2. The Hall–Kier alpha value is -2.82. The fraction of sp³-hybridized carbons (Fsp3) is 0.417. The van der Waals surface area contributed by atoms with E-state index in [-0.39, 0.29) is 18.0 Å². The number of nitrogens with zero attached hydrogens (tertiary/aromatic N) is 2. The van der Waals surface area contributed by atoms with Crippen molar-refractivity contribution in [1.82, 2.24) is 4.90 Å². The summed E-state index contributed by atoms with van der Waals surface area (Å²) in [5.41, 5.74) is 1.08. The van der Waals surface area contributed by atoms with Gasteiger partial charge in [0.2, 0.25) is 5.91 Å². The van der Waals surface area contributed by atoms with Gasteiger partial charge in [-0.3, -0.25) is 4.79 Å². The van der Waals surface area contributed by atoms with Gasteiger partial charge in [-0.2, -0.15) is 0 Å². The third-order valence-electron chi connectivity index (χ3n) is 5.88. The van der Waals surface area contributed by atoms with Crippen LogP contribution in [0.4, 0.5) is 10.5 Å². The lowest BCUT2D eigenvalue weighted by Crippen LogP contribution is -2.67. The zero-order chi connectivity index (χ0) is 20.6. The molecule has 0 radical (unpaired) electrons. The molecule has 0 aromatic heterocycles. The first-order chi connectivity index (χ1) is 13.8. The Bertz CT molecular complexity index is 881. The molecule has 4 rings (SSSR count). The molecule has 0 saturated carbocycles. The van der Waals surface area contributed by atoms with Gasteiger partial charge in [0, 0.05) is 18.8 Å². The average molecular weight is 392 g/mol. The van der Waals surface area contributed by atoms with E-state index in [1.165, 1.54) is 0 Å². The molecule has 0 N–H and O–H groups in total. The number of carbonyl (C=O) groups is 2. The molecule has 2 aliphatic rings. The van der Waals surface area contributed by atoms with Gasteiger partial charge in [0.25, 0.3) is 0 Å². The first-order valence-corrected chi connectivity index (χ1v) is 10.2. The highest BCUT2D eigenvalue weighted by Gasteiger charge is 2.62. The van der Waals surface area contributed by atoms with E-state index in [0.29, 0.717) is 25.9 Å². The van der Waals surface area contributed by atoms with E-state index in [4.69, 9.17) is 4.74 Å². The summed E-state index contributed by atoms with van der Waals surface area (Å²) in [4.78, 5) is 29.5. The normalized spacial score (nSPS) is 21.1. The summed E-state index contributed by atoms with van der Waals surface area (Å²) >= 11 is 0. The minimum atomic E-state index is -0.519. The number of hydrogen-bond donors (Lipinski definition) is 0. The van der Waals surface area contributed by atoms with Gasteiger partial charge < -0.3 is 14.5 Å². The lowest BCUT2D eigenvalue weighted by Gasteiger charge is -2.58. The molecule has 2 fully saturated rings. The Balaban J connectivity index is 1.58. The molecule has 1 spiro atoms. The summed E-state index contributed by atoms with van der Waals surface area (Å²) < 4.78 is 5.52. The standard InChI is InChI=1S/C24H28N2O3/c1-23(2,3)29-22(28)25-16-14-24(15-17-25)20(18-10-6-4-7-11-18)26(21(24)27)19-12-8-5-9-13-19/h4-13,20H,14-17H2,1-3H3. The van der Waals surface area contributed by atoms with Crippen LogP contribution in [0, 0.1) is 5.41 Å². The fourth-order valence-corrected chi connectivity index (χ4v) is 4.52. The van der Waals surface area contributed by atoms with Gasteiger partial charge in [-0.1, -0.05) is 48.5 Å². The number of piperidine rings is 1. The van der Waals surface area contributed by atoms with Crippen LogP contribution in [0.3, 0.4) is 0 Å². The van der Waals surface area contributed by atoms with Gasteiger partial charge in [-0.15, -0.1) is 0 Å². The molecule has 2 aromatic rings. The molecule has 1 atom stereocenters. The van der Waals surface area contributed by atoms with E-state index in [1.54, 1.807) is 4.90 Å². The number of para-hydroxylation sites is 1. The van der Waals surface area contributed by atoms with E-state index in [0.717, 1.165) is 11.3 Å². The number of β-lactam (4-membered cyclic amide) rings is 1. The summed E-state index contributed by atoms with van der Waals surface area (Å²) in [7, 11) is 0. The minimum absolute atomic E-state index is 0.0145. The van der Waals surface area contributed by atoms with Crippen molar-refractivity contribution in [3.63, 3.8) is 0 Å². The van der Waals surface area contributed by atoms with Gasteiger partial charge in [0.05, 0.1) is 11.5 Å². The van der Waals surface area contributed by atoms with E-state index in [1.807, 2.05) is 74.2 Å². The SMILES string of the molecule is CC(C)(C)OC(=O)N1CCC2(CC1)C(=O)N(c1ccccc1)C2c1ccccc1. The molecule has 5 heteroatoms. The van der Waals surface area contributed by atoms with E-state index in [2.05, 4.69) is 12.1 Å². The third-order valence-corrected chi connectivity index (χ3v) is 5.88. The maximum Gasteiger partial charge on any atom is 0.410 e. The molecule has 0 aliphatic carbocycles. The predicted octanol–water partition coefficient (Wildman–Crippen LogP) is 4.79. The highest BCUT2D eigenvalue weighted by molar-refractivity contribution is 6.06. The van der Waals surface area contributed by atoms with Crippen molar-refractivity contribution in [1.29, 1.82) is 0 Å². The van der Waals surface area contributed by atoms with Crippen molar-refractivity contribution in [3.8, 4) is 0 Å². The molecule has 152 valence electrons. The van der Waals surface area contributed by atoms with Gasteiger partial charge in [-0.05, 0) is 51.3 Å². The zero-order valence-corrected chi connectivity index (χ0v) is 17.3. The van der Waals surface area contributed by atoms with Gasteiger partial charge in [0.1, 0.15) is 5.60 Å². The van der Waals surface area contributed by atoms with Crippen LogP contribution in [0.5, 0.6) is 0 Å². The summed E-state index contributed by atoms with van der Waals surface area (Å²) in [6.07, 6.45) is 0.998. The number of ether oxygens (including phenoxy) is 1. The highest BCUT2D eigenvalue weighted by atomic mass is 16.6. The van der Waals surface area contributed by atoms with Gasteiger partial charge in [0.15, 0.2) is 0 Å². The van der Waals surface area contributed by atoms with Crippen LogP contribution in [0.25, 0.3) is 0 Å². The smallest absolute Gasteiger partial charge is 0.410 e. The molecule has 2 saturated heterocycles. The first kappa shape index (κ1) is 19.5. The van der Waals surface area contributed by atoms with Gasteiger partial charge in [-0.25, -0.2) is 4.79 Å². The highest BCUT2D eigenvalue weighted by Crippen LogP contribution is 2.57. The Morgan fingerprint density at radius 1 is 0.966 bits per heavy atom. The van der Waals surface area contributed by atoms with Crippen molar-refractivity contribution < 1.29 is 14.3 Å². The minimum Gasteiger partial charge on any atom is -0.444 e. The zero-order valence-electron chi connectivity index (χ0n) is 17.3. The largest absolute Gasteiger partial charge is 0.444 e. The van der Waals surface area contributed by atoms with Gasteiger partial charge >= 0.3 is 6.09 Å². The monoisotopic (exact) mass is 392 g/mol. The van der Waals surface area contributed by atoms with Crippen LogP contribution in [0.1, 0.15) is 45.2 Å².